The van der Waals surface area contributed by atoms with E-state index in [4.69, 9.17) is 9.84 Å². The normalized spacial score (nSPS) is 35.2. The van der Waals surface area contributed by atoms with Gasteiger partial charge in [0.1, 0.15) is 0 Å². The zero-order chi connectivity index (χ0) is 9.41. The molecule has 2 nitrogen and oxygen atoms in total. The third kappa shape index (κ3) is 1.99. The molecule has 1 aliphatic carbocycles. The fraction of sp³-hybridized carbons (Fsp3) is 1.00. The third-order valence-corrected chi connectivity index (χ3v) is 3.14. The Labute approximate surface area is 74.9 Å². The summed E-state index contributed by atoms with van der Waals surface area (Å²) in [4.78, 5) is 0. The molecule has 1 saturated carbocycles. The fourth-order valence-corrected chi connectivity index (χ4v) is 2.05. The first kappa shape index (κ1) is 10.0. The Morgan fingerprint density at radius 3 is 2.50 bits per heavy atom. The van der Waals surface area contributed by atoms with Crippen LogP contribution in [0.3, 0.4) is 0 Å². The van der Waals surface area contributed by atoms with Crippen LogP contribution in [0.5, 0.6) is 0 Å². The molecular weight excluding hydrogens is 152 g/mol. The van der Waals surface area contributed by atoms with Crippen molar-refractivity contribution >= 4 is 0 Å². The highest BCUT2D eigenvalue weighted by atomic mass is 16.5. The molecule has 0 bridgehead atoms. The Bertz CT molecular complexity index is 165. The molecule has 0 heterocycles. The summed E-state index contributed by atoms with van der Waals surface area (Å²) in [6, 6.07) is 0. The van der Waals surface area contributed by atoms with Crippen LogP contribution in [0.25, 0.3) is 0 Å². The molecule has 2 unspecified atom stereocenters. The van der Waals surface area contributed by atoms with E-state index in [2.05, 4.69) is 20.8 Å². The average Bonchev–Trinajstić information content (AvgIpc) is 2.60. The maximum Gasteiger partial charge on any atom is 0.0628 e. The van der Waals surface area contributed by atoms with Crippen molar-refractivity contribution in [3.63, 3.8) is 0 Å². The monoisotopic (exact) mass is 172 g/mol. The van der Waals surface area contributed by atoms with E-state index in [1.54, 1.807) is 7.11 Å². The van der Waals surface area contributed by atoms with Crippen LogP contribution in [0.1, 0.15) is 33.6 Å². The van der Waals surface area contributed by atoms with Gasteiger partial charge >= 0.3 is 0 Å². The molecule has 2 heteroatoms. The van der Waals surface area contributed by atoms with Crippen molar-refractivity contribution in [3.05, 3.63) is 0 Å². The maximum absolute atomic E-state index is 8.97. The summed E-state index contributed by atoms with van der Waals surface area (Å²) in [6.07, 6.45) is 2.19. The first-order valence-corrected chi connectivity index (χ1v) is 4.59. The van der Waals surface area contributed by atoms with Crippen LogP contribution >= 0.6 is 0 Å². The summed E-state index contributed by atoms with van der Waals surface area (Å²) in [7, 11) is 1.75. The third-order valence-electron chi connectivity index (χ3n) is 3.14. The van der Waals surface area contributed by atoms with E-state index in [0.717, 1.165) is 12.8 Å². The fourth-order valence-electron chi connectivity index (χ4n) is 2.05. The Hall–Kier alpha value is -0.0800. The van der Waals surface area contributed by atoms with Crippen molar-refractivity contribution in [2.45, 2.75) is 39.2 Å². The molecule has 12 heavy (non-hydrogen) atoms. The van der Waals surface area contributed by atoms with E-state index in [-0.39, 0.29) is 5.60 Å². The van der Waals surface area contributed by atoms with E-state index in [1.165, 1.54) is 0 Å². The second-order valence-electron chi connectivity index (χ2n) is 4.88. The van der Waals surface area contributed by atoms with Crippen LogP contribution in [0, 0.1) is 11.3 Å². The van der Waals surface area contributed by atoms with Crippen LogP contribution in [0.15, 0.2) is 0 Å². The van der Waals surface area contributed by atoms with Crippen molar-refractivity contribution in [3.8, 4) is 0 Å². The van der Waals surface area contributed by atoms with Gasteiger partial charge in [-0.2, -0.15) is 0 Å². The van der Waals surface area contributed by atoms with Crippen LogP contribution in [0.4, 0.5) is 0 Å². The van der Waals surface area contributed by atoms with E-state index >= 15 is 0 Å². The van der Waals surface area contributed by atoms with Gasteiger partial charge in [-0.25, -0.2) is 0 Å². The second kappa shape index (κ2) is 3.00. The largest absolute Gasteiger partial charge is 0.396 e. The molecule has 1 fully saturated rings. The number of hydrogen-bond donors (Lipinski definition) is 1. The Balaban J connectivity index is 2.42. The van der Waals surface area contributed by atoms with Gasteiger partial charge in [0.15, 0.2) is 0 Å². The molecule has 0 spiro atoms. The van der Waals surface area contributed by atoms with Crippen molar-refractivity contribution in [2.75, 3.05) is 13.7 Å². The molecule has 72 valence electrons. The van der Waals surface area contributed by atoms with Gasteiger partial charge in [-0.15, -0.1) is 0 Å². The summed E-state index contributed by atoms with van der Waals surface area (Å²) in [5, 5.41) is 8.97. The van der Waals surface area contributed by atoms with Crippen molar-refractivity contribution < 1.29 is 9.84 Å². The number of hydrogen-bond acceptors (Lipinski definition) is 2. The van der Waals surface area contributed by atoms with Gasteiger partial charge in [0.05, 0.1) is 5.60 Å². The number of aliphatic hydroxyl groups is 1. The lowest BCUT2D eigenvalue weighted by Gasteiger charge is -2.27. The van der Waals surface area contributed by atoms with Crippen LogP contribution in [-0.2, 0) is 4.74 Å². The summed E-state index contributed by atoms with van der Waals surface area (Å²) in [5.41, 5.74) is 0.285. The minimum Gasteiger partial charge on any atom is -0.396 e. The first-order chi connectivity index (χ1) is 5.43. The minimum absolute atomic E-state index is 0.0430. The second-order valence-corrected chi connectivity index (χ2v) is 4.88. The molecule has 0 saturated heterocycles. The van der Waals surface area contributed by atoms with Gasteiger partial charge in [-0.05, 0) is 38.0 Å². The van der Waals surface area contributed by atoms with Gasteiger partial charge in [0, 0.05) is 13.7 Å². The molecular formula is C10H20O2. The summed E-state index contributed by atoms with van der Waals surface area (Å²) in [5.74, 6) is 0.506. The molecule has 2 atom stereocenters. The summed E-state index contributed by atoms with van der Waals surface area (Å²) >= 11 is 0. The highest BCUT2D eigenvalue weighted by Gasteiger charge is 2.51. The van der Waals surface area contributed by atoms with Gasteiger partial charge in [0.25, 0.3) is 0 Å². The van der Waals surface area contributed by atoms with Crippen molar-refractivity contribution in [1.82, 2.24) is 0 Å². The molecule has 0 aliphatic heterocycles. The predicted molar refractivity (Wildman–Crippen MR) is 49.0 cm³/mol. The van der Waals surface area contributed by atoms with E-state index in [1.807, 2.05) is 0 Å². The van der Waals surface area contributed by atoms with Crippen LogP contribution < -0.4 is 0 Å². The quantitative estimate of drug-likeness (QED) is 0.701. The number of methoxy groups -OCH3 is 1. The molecule has 0 radical (unpaired) electrons. The van der Waals surface area contributed by atoms with Gasteiger partial charge in [0.2, 0.25) is 0 Å². The molecule has 1 aliphatic rings. The average molecular weight is 172 g/mol. The van der Waals surface area contributed by atoms with Crippen molar-refractivity contribution in [2.24, 2.45) is 11.3 Å². The standard InChI is InChI=1S/C10H20O2/c1-9(2,12-4)7-10(3)5-8(10)6-11/h8,11H,5-7H2,1-4H3. The molecule has 0 aromatic carbocycles. The Morgan fingerprint density at radius 2 is 2.17 bits per heavy atom. The number of ether oxygens (including phenoxy) is 1. The topological polar surface area (TPSA) is 29.5 Å². The predicted octanol–water partition coefficient (Wildman–Crippen LogP) is 1.82. The van der Waals surface area contributed by atoms with E-state index in [0.29, 0.717) is 17.9 Å². The summed E-state index contributed by atoms with van der Waals surface area (Å²) < 4.78 is 5.36. The van der Waals surface area contributed by atoms with Crippen LogP contribution in [-0.4, -0.2) is 24.4 Å². The molecule has 0 aromatic rings. The lowest BCUT2D eigenvalue weighted by atomic mass is 9.90. The zero-order valence-electron chi connectivity index (χ0n) is 8.55. The maximum atomic E-state index is 8.97. The van der Waals surface area contributed by atoms with Gasteiger partial charge in [-0.1, -0.05) is 6.92 Å². The van der Waals surface area contributed by atoms with Gasteiger partial charge < -0.3 is 9.84 Å². The number of rotatable bonds is 4. The molecule has 0 amide bonds. The first-order valence-electron chi connectivity index (χ1n) is 4.59. The van der Waals surface area contributed by atoms with E-state index < -0.39 is 0 Å². The van der Waals surface area contributed by atoms with Crippen molar-refractivity contribution in [1.29, 1.82) is 0 Å². The van der Waals surface area contributed by atoms with E-state index in [9.17, 15) is 0 Å². The Morgan fingerprint density at radius 1 is 1.58 bits per heavy atom. The molecule has 1 N–H and O–H groups in total. The molecule has 0 aromatic heterocycles. The molecule has 1 rings (SSSR count). The van der Waals surface area contributed by atoms with Gasteiger partial charge in [-0.3, -0.25) is 0 Å². The summed E-state index contributed by atoms with van der Waals surface area (Å²) in [6.45, 7) is 6.76. The smallest absolute Gasteiger partial charge is 0.0628 e. The van der Waals surface area contributed by atoms with Crippen LogP contribution in [0.2, 0.25) is 0 Å². The lowest BCUT2D eigenvalue weighted by molar-refractivity contribution is -0.00287. The highest BCUT2D eigenvalue weighted by Crippen LogP contribution is 2.56. The Kier molecular flexibility index (Phi) is 2.50. The zero-order valence-corrected chi connectivity index (χ0v) is 8.55. The minimum atomic E-state index is -0.0430. The number of aliphatic hydroxyl groups excluding tert-OH is 1. The highest BCUT2D eigenvalue weighted by molar-refractivity contribution is 5.01. The lowest BCUT2D eigenvalue weighted by Crippen LogP contribution is -2.26. The SMILES string of the molecule is COC(C)(C)CC1(C)CC1CO.